The summed E-state index contributed by atoms with van der Waals surface area (Å²) in [4.78, 5) is 0. The summed E-state index contributed by atoms with van der Waals surface area (Å²) in [5.41, 5.74) is 9.45. The van der Waals surface area contributed by atoms with Crippen LogP contribution in [0.3, 0.4) is 0 Å². The molecule has 0 fully saturated rings. The molecular formula is C17H18ClNO2. The van der Waals surface area contributed by atoms with E-state index in [1.165, 1.54) is 0 Å². The summed E-state index contributed by atoms with van der Waals surface area (Å²) >= 11 is 6.12. The lowest BCUT2D eigenvalue weighted by atomic mass is 9.98. The van der Waals surface area contributed by atoms with E-state index < -0.39 is 0 Å². The van der Waals surface area contributed by atoms with Crippen LogP contribution in [0.5, 0.6) is 11.5 Å². The number of rotatable bonds is 2. The van der Waals surface area contributed by atoms with Crippen LogP contribution < -0.4 is 15.2 Å². The summed E-state index contributed by atoms with van der Waals surface area (Å²) in [5, 5.41) is 0.704. The average molecular weight is 304 g/mol. The van der Waals surface area contributed by atoms with Crippen LogP contribution in [0.25, 0.3) is 0 Å². The van der Waals surface area contributed by atoms with Crippen molar-refractivity contribution in [3.63, 3.8) is 0 Å². The number of hydrogen-bond donors (Lipinski definition) is 1. The van der Waals surface area contributed by atoms with Crippen molar-refractivity contribution in [3.05, 3.63) is 58.1 Å². The molecule has 1 aliphatic heterocycles. The van der Waals surface area contributed by atoms with Gasteiger partial charge in [0.2, 0.25) is 0 Å². The van der Waals surface area contributed by atoms with Crippen molar-refractivity contribution in [3.8, 4) is 11.5 Å². The Kier molecular flexibility index (Phi) is 4.04. The van der Waals surface area contributed by atoms with E-state index >= 15 is 0 Å². The third-order valence-electron chi connectivity index (χ3n) is 3.55. The van der Waals surface area contributed by atoms with Crippen molar-refractivity contribution < 1.29 is 9.47 Å². The third kappa shape index (κ3) is 3.14. The van der Waals surface area contributed by atoms with E-state index in [0.717, 1.165) is 34.6 Å². The van der Waals surface area contributed by atoms with E-state index in [1.807, 2.05) is 37.3 Å². The van der Waals surface area contributed by atoms with Gasteiger partial charge in [0.1, 0.15) is 0 Å². The molecule has 1 unspecified atom stereocenters. The predicted molar refractivity (Wildman–Crippen MR) is 84.3 cm³/mol. The van der Waals surface area contributed by atoms with Gasteiger partial charge in [-0.1, -0.05) is 23.7 Å². The van der Waals surface area contributed by atoms with Gasteiger partial charge in [0.15, 0.2) is 11.5 Å². The smallest absolute Gasteiger partial charge is 0.161 e. The number of halogens is 1. The van der Waals surface area contributed by atoms with Crippen LogP contribution in [-0.4, -0.2) is 13.2 Å². The van der Waals surface area contributed by atoms with Crippen LogP contribution in [0.2, 0.25) is 5.02 Å². The van der Waals surface area contributed by atoms with E-state index in [2.05, 4.69) is 6.07 Å². The molecule has 2 N–H and O–H groups in total. The van der Waals surface area contributed by atoms with Crippen LogP contribution >= 0.6 is 11.6 Å². The summed E-state index contributed by atoms with van der Waals surface area (Å²) in [6.45, 7) is 3.37. The van der Waals surface area contributed by atoms with E-state index in [9.17, 15) is 0 Å². The Balaban J connectivity index is 1.94. The topological polar surface area (TPSA) is 44.5 Å². The molecule has 3 rings (SSSR count). The van der Waals surface area contributed by atoms with Gasteiger partial charge in [0.05, 0.1) is 19.3 Å². The first kappa shape index (κ1) is 14.2. The quantitative estimate of drug-likeness (QED) is 0.916. The van der Waals surface area contributed by atoms with Crippen molar-refractivity contribution in [2.75, 3.05) is 13.2 Å². The first-order valence-electron chi connectivity index (χ1n) is 7.06. The van der Waals surface area contributed by atoms with Crippen LogP contribution in [0, 0.1) is 6.92 Å². The lowest BCUT2D eigenvalue weighted by molar-refractivity contribution is 0.297. The highest BCUT2D eigenvalue weighted by Gasteiger charge is 2.15. The van der Waals surface area contributed by atoms with Crippen LogP contribution in [0.15, 0.2) is 36.4 Å². The zero-order valence-corrected chi connectivity index (χ0v) is 12.7. The summed E-state index contributed by atoms with van der Waals surface area (Å²) in [5.74, 6) is 1.55. The maximum atomic E-state index is 6.37. The highest BCUT2D eigenvalue weighted by atomic mass is 35.5. The Morgan fingerprint density at radius 1 is 1.00 bits per heavy atom. The monoisotopic (exact) mass is 303 g/mol. The van der Waals surface area contributed by atoms with Gasteiger partial charge in [0.25, 0.3) is 0 Å². The van der Waals surface area contributed by atoms with Crippen LogP contribution in [-0.2, 0) is 0 Å². The Morgan fingerprint density at radius 3 is 2.52 bits per heavy atom. The number of fused-ring (bicyclic) bond motifs is 1. The second kappa shape index (κ2) is 5.96. The molecule has 1 aliphatic rings. The molecule has 2 aromatic rings. The minimum absolute atomic E-state index is 0.237. The summed E-state index contributed by atoms with van der Waals surface area (Å²) < 4.78 is 11.4. The van der Waals surface area contributed by atoms with Crippen molar-refractivity contribution in [1.82, 2.24) is 0 Å². The molecule has 110 valence electrons. The first-order chi connectivity index (χ1) is 10.1. The van der Waals surface area contributed by atoms with Gasteiger partial charge < -0.3 is 15.2 Å². The molecule has 0 saturated heterocycles. The Hall–Kier alpha value is -1.71. The molecule has 0 aromatic heterocycles. The van der Waals surface area contributed by atoms with Crippen molar-refractivity contribution >= 4 is 11.6 Å². The van der Waals surface area contributed by atoms with Crippen LogP contribution in [0.1, 0.15) is 29.2 Å². The Morgan fingerprint density at radius 2 is 1.76 bits per heavy atom. The van der Waals surface area contributed by atoms with Gasteiger partial charge in [-0.25, -0.2) is 0 Å². The highest BCUT2D eigenvalue weighted by Crippen LogP contribution is 2.33. The molecule has 1 atom stereocenters. The highest BCUT2D eigenvalue weighted by molar-refractivity contribution is 6.30. The molecule has 0 aliphatic carbocycles. The summed E-state index contributed by atoms with van der Waals surface area (Å²) in [6, 6.07) is 11.5. The first-order valence-corrected chi connectivity index (χ1v) is 7.43. The van der Waals surface area contributed by atoms with Gasteiger partial charge in [-0.15, -0.1) is 0 Å². The third-order valence-corrected chi connectivity index (χ3v) is 3.77. The minimum Gasteiger partial charge on any atom is -0.490 e. The second-order valence-electron chi connectivity index (χ2n) is 5.30. The Labute approximate surface area is 129 Å². The fourth-order valence-electron chi connectivity index (χ4n) is 2.51. The lowest BCUT2D eigenvalue weighted by Gasteiger charge is -2.16. The standard InChI is InChI=1S/C17H18ClNO2/c1-11-7-13(9-14(18)8-11)17(19)12-3-4-15-16(10-12)21-6-2-5-20-15/h3-4,7-10,17H,2,5-6,19H2,1H3. The van der Waals surface area contributed by atoms with Gasteiger partial charge in [-0.3, -0.25) is 0 Å². The van der Waals surface area contributed by atoms with Gasteiger partial charge >= 0.3 is 0 Å². The number of hydrogen-bond acceptors (Lipinski definition) is 3. The average Bonchev–Trinajstić information content (AvgIpc) is 2.69. The van der Waals surface area contributed by atoms with E-state index in [0.29, 0.717) is 18.2 Å². The molecule has 21 heavy (non-hydrogen) atoms. The van der Waals surface area contributed by atoms with Gasteiger partial charge in [0, 0.05) is 11.4 Å². The molecule has 2 aromatic carbocycles. The maximum Gasteiger partial charge on any atom is 0.161 e. The van der Waals surface area contributed by atoms with Crippen molar-refractivity contribution in [1.29, 1.82) is 0 Å². The van der Waals surface area contributed by atoms with Crippen molar-refractivity contribution in [2.45, 2.75) is 19.4 Å². The fraction of sp³-hybridized carbons (Fsp3) is 0.294. The molecule has 4 heteroatoms. The normalized spacial score (nSPS) is 15.4. The minimum atomic E-state index is -0.237. The number of ether oxygens (including phenoxy) is 2. The number of aryl methyl sites for hydroxylation is 1. The van der Waals surface area contributed by atoms with Gasteiger partial charge in [-0.2, -0.15) is 0 Å². The number of benzene rings is 2. The fourth-order valence-corrected chi connectivity index (χ4v) is 2.81. The SMILES string of the molecule is Cc1cc(Cl)cc(C(N)c2ccc3c(c2)OCCCO3)c1. The van der Waals surface area contributed by atoms with E-state index in [-0.39, 0.29) is 6.04 Å². The summed E-state index contributed by atoms with van der Waals surface area (Å²) in [6.07, 6.45) is 0.892. The molecule has 1 heterocycles. The zero-order chi connectivity index (χ0) is 14.8. The van der Waals surface area contributed by atoms with E-state index in [1.54, 1.807) is 0 Å². The molecule has 0 bridgehead atoms. The Bertz CT molecular complexity index is 637. The van der Waals surface area contributed by atoms with Crippen LogP contribution in [0.4, 0.5) is 0 Å². The second-order valence-corrected chi connectivity index (χ2v) is 5.73. The molecule has 0 radical (unpaired) electrons. The largest absolute Gasteiger partial charge is 0.490 e. The predicted octanol–water partition coefficient (Wildman–Crippen LogP) is 3.86. The molecular weight excluding hydrogens is 286 g/mol. The van der Waals surface area contributed by atoms with Crippen molar-refractivity contribution in [2.24, 2.45) is 5.73 Å². The van der Waals surface area contributed by atoms with E-state index in [4.69, 9.17) is 26.8 Å². The van der Waals surface area contributed by atoms with Gasteiger partial charge in [-0.05, 0) is 47.9 Å². The lowest BCUT2D eigenvalue weighted by Crippen LogP contribution is -2.12. The molecule has 3 nitrogen and oxygen atoms in total. The zero-order valence-electron chi connectivity index (χ0n) is 11.9. The molecule has 0 saturated carbocycles. The summed E-state index contributed by atoms with van der Waals surface area (Å²) in [7, 11) is 0. The molecule has 0 amide bonds. The maximum absolute atomic E-state index is 6.37. The molecule has 0 spiro atoms. The number of nitrogens with two attached hydrogens (primary N) is 1.